The van der Waals surface area contributed by atoms with Crippen molar-refractivity contribution in [3.63, 3.8) is 0 Å². The van der Waals surface area contributed by atoms with Gasteiger partial charge in [-0.05, 0) is 48.7 Å². The number of carbonyl (C=O) groups excluding carboxylic acids is 2. The molecule has 1 aromatic heterocycles. The number of hydrogen-bond acceptors (Lipinski definition) is 4. The second-order valence-electron chi connectivity index (χ2n) is 8.40. The summed E-state index contributed by atoms with van der Waals surface area (Å²) in [6.45, 7) is 4.06. The van der Waals surface area contributed by atoms with Crippen molar-refractivity contribution in [2.24, 2.45) is 0 Å². The fraction of sp³-hybridized carbons (Fsp3) is 0.133. The summed E-state index contributed by atoms with van der Waals surface area (Å²) in [7, 11) is 1.58. The summed E-state index contributed by atoms with van der Waals surface area (Å²) in [4.78, 5) is 29.8. The van der Waals surface area contributed by atoms with Gasteiger partial charge < -0.3 is 14.5 Å². The van der Waals surface area contributed by atoms with Gasteiger partial charge in [-0.3, -0.25) is 4.79 Å². The number of methoxy groups -OCH3 is 1. The highest BCUT2D eigenvalue weighted by Gasteiger charge is 2.34. The summed E-state index contributed by atoms with van der Waals surface area (Å²) >= 11 is 0. The average Bonchev–Trinajstić information content (AvgIpc) is 3.44. The summed E-state index contributed by atoms with van der Waals surface area (Å²) in [5.74, 6) is 0.107. The second-order valence-corrected chi connectivity index (χ2v) is 8.40. The van der Waals surface area contributed by atoms with Crippen molar-refractivity contribution >= 4 is 22.9 Å². The molecule has 3 aromatic carbocycles. The third kappa shape index (κ3) is 3.85. The molecule has 0 aliphatic heterocycles. The Morgan fingerprint density at radius 1 is 0.857 bits per heavy atom. The average molecular weight is 464 g/mol. The Morgan fingerprint density at radius 2 is 1.60 bits per heavy atom. The molecule has 0 saturated heterocycles. The summed E-state index contributed by atoms with van der Waals surface area (Å²) in [6.07, 6.45) is 1.80. The maximum Gasteiger partial charge on any atom is 0.355 e. The van der Waals surface area contributed by atoms with E-state index in [0.29, 0.717) is 28.1 Å². The molecule has 1 aliphatic carbocycles. The Bertz CT molecular complexity index is 1460. The van der Waals surface area contributed by atoms with E-state index in [1.165, 1.54) is 0 Å². The van der Waals surface area contributed by atoms with Gasteiger partial charge in [0, 0.05) is 34.0 Å². The number of ketones is 1. The van der Waals surface area contributed by atoms with E-state index in [-0.39, 0.29) is 12.4 Å². The standard InChI is InChI=1S/C30H25NO4/c1-4-35-30(33)28-25(20-12-10-18(2)11-13-20)24(17-31-28)27-22-15-14-21(34-3)16-23(22)29(32)26(27)19-8-6-5-7-9-19/h5-17,31H,4H2,1-3H3. The molecule has 1 heterocycles. The first kappa shape index (κ1) is 22.4. The summed E-state index contributed by atoms with van der Waals surface area (Å²) < 4.78 is 10.8. The first-order valence-corrected chi connectivity index (χ1v) is 11.5. The molecule has 5 heteroatoms. The Hall–Kier alpha value is -4.38. The van der Waals surface area contributed by atoms with Gasteiger partial charge in [-0.2, -0.15) is 0 Å². The molecule has 0 radical (unpaired) electrons. The number of H-pyrrole nitrogens is 1. The van der Waals surface area contributed by atoms with Crippen molar-refractivity contribution in [3.8, 4) is 16.9 Å². The number of esters is 1. The number of fused-ring (bicyclic) bond motifs is 1. The Morgan fingerprint density at radius 3 is 2.29 bits per heavy atom. The fourth-order valence-electron chi connectivity index (χ4n) is 4.60. The van der Waals surface area contributed by atoms with Crippen molar-refractivity contribution in [1.82, 2.24) is 4.98 Å². The smallest absolute Gasteiger partial charge is 0.355 e. The van der Waals surface area contributed by atoms with Crippen molar-refractivity contribution in [1.29, 1.82) is 0 Å². The Kier molecular flexibility index (Phi) is 5.83. The lowest BCUT2D eigenvalue weighted by Gasteiger charge is -2.12. The predicted octanol–water partition coefficient (Wildman–Crippen LogP) is 6.33. The van der Waals surface area contributed by atoms with Gasteiger partial charge >= 0.3 is 5.97 Å². The largest absolute Gasteiger partial charge is 0.497 e. The molecule has 174 valence electrons. The molecule has 0 amide bonds. The first-order valence-electron chi connectivity index (χ1n) is 11.5. The van der Waals surface area contributed by atoms with Gasteiger partial charge in [-0.25, -0.2) is 4.79 Å². The van der Waals surface area contributed by atoms with E-state index >= 15 is 0 Å². The van der Waals surface area contributed by atoms with E-state index in [2.05, 4.69) is 4.98 Å². The normalized spacial score (nSPS) is 12.6. The number of aromatic amines is 1. The van der Waals surface area contributed by atoms with Crippen molar-refractivity contribution in [3.05, 3.63) is 113 Å². The van der Waals surface area contributed by atoms with Crippen LogP contribution in [0.1, 0.15) is 50.0 Å². The van der Waals surface area contributed by atoms with Gasteiger partial charge in [0.1, 0.15) is 11.4 Å². The zero-order chi connectivity index (χ0) is 24.5. The molecule has 0 saturated carbocycles. The molecule has 0 fully saturated rings. The first-order chi connectivity index (χ1) is 17.0. The van der Waals surface area contributed by atoms with Crippen LogP contribution in [-0.2, 0) is 4.74 Å². The molecule has 5 nitrogen and oxygen atoms in total. The van der Waals surface area contributed by atoms with Crippen LogP contribution in [0.5, 0.6) is 5.75 Å². The second kappa shape index (κ2) is 9.11. The van der Waals surface area contributed by atoms with Crippen LogP contribution in [-0.4, -0.2) is 30.5 Å². The topological polar surface area (TPSA) is 68.4 Å². The minimum absolute atomic E-state index is 0.0751. The van der Waals surface area contributed by atoms with Crippen molar-refractivity contribution in [2.45, 2.75) is 13.8 Å². The van der Waals surface area contributed by atoms with Crippen LogP contribution in [0.3, 0.4) is 0 Å². The summed E-state index contributed by atoms with van der Waals surface area (Å²) in [6, 6.07) is 23.1. The highest BCUT2D eigenvalue weighted by Crippen LogP contribution is 2.46. The lowest BCUT2D eigenvalue weighted by atomic mass is 9.90. The van der Waals surface area contributed by atoms with Crippen LogP contribution in [0.4, 0.5) is 0 Å². The number of rotatable bonds is 6. The van der Waals surface area contributed by atoms with E-state index in [1.807, 2.05) is 73.7 Å². The van der Waals surface area contributed by atoms with Crippen LogP contribution in [0.2, 0.25) is 0 Å². The maximum atomic E-state index is 13.8. The molecule has 5 rings (SSSR count). The molecular weight excluding hydrogens is 438 g/mol. The third-order valence-corrected chi connectivity index (χ3v) is 6.25. The van der Waals surface area contributed by atoms with Gasteiger partial charge in [0.25, 0.3) is 0 Å². The summed E-state index contributed by atoms with van der Waals surface area (Å²) in [5, 5.41) is 0. The van der Waals surface area contributed by atoms with E-state index in [0.717, 1.165) is 33.4 Å². The zero-order valence-electron chi connectivity index (χ0n) is 19.8. The molecule has 0 unspecified atom stereocenters. The molecule has 0 spiro atoms. The van der Waals surface area contributed by atoms with Crippen molar-refractivity contribution < 1.29 is 19.1 Å². The Balaban J connectivity index is 1.83. The number of aryl methyl sites for hydroxylation is 1. The SMILES string of the molecule is CCOC(=O)c1[nH]cc(C2=C(c3ccccc3)C(=O)c3cc(OC)ccc32)c1-c1ccc(C)cc1. The third-order valence-electron chi connectivity index (χ3n) is 6.25. The van der Waals surface area contributed by atoms with Gasteiger partial charge in [-0.15, -0.1) is 0 Å². The monoisotopic (exact) mass is 463 g/mol. The van der Waals surface area contributed by atoms with Gasteiger partial charge in [-0.1, -0.05) is 60.2 Å². The van der Waals surface area contributed by atoms with E-state index in [9.17, 15) is 9.59 Å². The number of carbonyl (C=O) groups is 2. The number of ether oxygens (including phenoxy) is 2. The maximum absolute atomic E-state index is 13.8. The number of benzene rings is 3. The number of aromatic nitrogens is 1. The van der Waals surface area contributed by atoms with Crippen LogP contribution in [0, 0.1) is 6.92 Å². The molecule has 0 bridgehead atoms. The molecular formula is C30H25NO4. The lowest BCUT2D eigenvalue weighted by molar-refractivity contribution is 0.0521. The minimum Gasteiger partial charge on any atom is -0.497 e. The van der Waals surface area contributed by atoms with E-state index in [4.69, 9.17) is 9.47 Å². The van der Waals surface area contributed by atoms with Crippen LogP contribution in [0.15, 0.2) is 79.0 Å². The van der Waals surface area contributed by atoms with Gasteiger partial charge in [0.15, 0.2) is 5.78 Å². The number of allylic oxidation sites excluding steroid dienone is 1. The number of nitrogens with one attached hydrogen (secondary N) is 1. The highest BCUT2D eigenvalue weighted by atomic mass is 16.5. The minimum atomic E-state index is -0.435. The van der Waals surface area contributed by atoms with Crippen LogP contribution >= 0.6 is 0 Å². The zero-order valence-corrected chi connectivity index (χ0v) is 19.8. The van der Waals surface area contributed by atoms with Crippen LogP contribution in [0.25, 0.3) is 22.3 Å². The molecule has 35 heavy (non-hydrogen) atoms. The van der Waals surface area contributed by atoms with Crippen molar-refractivity contribution in [2.75, 3.05) is 13.7 Å². The predicted molar refractivity (Wildman–Crippen MR) is 137 cm³/mol. The molecule has 4 aromatic rings. The Labute approximate surface area is 204 Å². The lowest BCUT2D eigenvalue weighted by Crippen LogP contribution is -2.07. The van der Waals surface area contributed by atoms with Gasteiger partial charge in [0.2, 0.25) is 0 Å². The van der Waals surface area contributed by atoms with E-state index in [1.54, 1.807) is 26.3 Å². The summed E-state index contributed by atoms with van der Waals surface area (Å²) in [5.41, 5.74) is 7.39. The van der Waals surface area contributed by atoms with Crippen LogP contribution < -0.4 is 4.74 Å². The quantitative estimate of drug-likeness (QED) is 0.339. The highest BCUT2D eigenvalue weighted by molar-refractivity contribution is 6.42. The van der Waals surface area contributed by atoms with Gasteiger partial charge in [0.05, 0.1) is 13.7 Å². The molecule has 0 atom stereocenters. The number of Topliss-reactive ketones (excluding diaryl/α,β-unsaturated/α-hetero) is 1. The fourth-order valence-corrected chi connectivity index (χ4v) is 4.60. The number of hydrogen-bond donors (Lipinski definition) is 1. The van der Waals surface area contributed by atoms with E-state index < -0.39 is 5.97 Å². The molecule has 1 aliphatic rings. The molecule has 1 N–H and O–H groups in total.